The Hall–Kier alpha value is -0.990. The highest BCUT2D eigenvalue weighted by atomic mass is 35.5. The van der Waals surface area contributed by atoms with Crippen molar-refractivity contribution in [3.8, 4) is 11.3 Å². The third kappa shape index (κ3) is 2.01. The lowest BCUT2D eigenvalue weighted by Crippen LogP contribution is -1.84. The highest BCUT2D eigenvalue weighted by molar-refractivity contribution is 6.31. The highest BCUT2D eigenvalue weighted by Crippen LogP contribution is 2.28. The van der Waals surface area contributed by atoms with Crippen LogP contribution in [0.4, 0.5) is 0 Å². The third-order valence-electron chi connectivity index (χ3n) is 2.20. The first-order chi connectivity index (χ1) is 7.22. The summed E-state index contributed by atoms with van der Waals surface area (Å²) in [5, 5.41) is 0.712. The molecular weight excluding hydrogens is 233 g/mol. The predicted molar refractivity (Wildman–Crippen MR) is 61.2 cm³/mol. The summed E-state index contributed by atoms with van der Waals surface area (Å²) in [6.07, 6.45) is 1.39. The average molecular weight is 242 g/mol. The van der Waals surface area contributed by atoms with Gasteiger partial charge >= 0.3 is 0 Å². The second kappa shape index (κ2) is 4.25. The van der Waals surface area contributed by atoms with Crippen molar-refractivity contribution in [1.82, 2.24) is 4.98 Å². The molecule has 2 nitrogen and oxygen atoms in total. The molecule has 0 aliphatic heterocycles. The van der Waals surface area contributed by atoms with E-state index in [1.807, 2.05) is 25.1 Å². The van der Waals surface area contributed by atoms with Crippen LogP contribution in [0.5, 0.6) is 0 Å². The molecule has 0 amide bonds. The van der Waals surface area contributed by atoms with Crippen molar-refractivity contribution in [3.05, 3.63) is 40.9 Å². The van der Waals surface area contributed by atoms with E-state index in [9.17, 15) is 0 Å². The van der Waals surface area contributed by atoms with Gasteiger partial charge < -0.3 is 4.42 Å². The maximum Gasteiger partial charge on any atom is 0.181 e. The molecule has 1 aromatic carbocycles. The molecule has 0 aliphatic rings. The molecule has 0 radical (unpaired) electrons. The van der Waals surface area contributed by atoms with Gasteiger partial charge in [-0.2, -0.15) is 0 Å². The minimum absolute atomic E-state index is 0.331. The van der Waals surface area contributed by atoms with Crippen LogP contribution in [0.2, 0.25) is 5.02 Å². The van der Waals surface area contributed by atoms with Gasteiger partial charge in [0, 0.05) is 10.6 Å². The number of aryl methyl sites for hydroxylation is 1. The van der Waals surface area contributed by atoms with E-state index in [1.165, 1.54) is 6.39 Å². The van der Waals surface area contributed by atoms with E-state index in [-0.39, 0.29) is 0 Å². The molecule has 0 saturated heterocycles. The fraction of sp³-hybridized carbons (Fsp3) is 0.182. The number of alkyl halides is 1. The smallest absolute Gasteiger partial charge is 0.181 e. The van der Waals surface area contributed by atoms with Gasteiger partial charge in [0.1, 0.15) is 5.69 Å². The van der Waals surface area contributed by atoms with Crippen molar-refractivity contribution in [2.75, 3.05) is 0 Å². The molecule has 4 heteroatoms. The maximum atomic E-state index is 6.03. The van der Waals surface area contributed by atoms with Crippen molar-refractivity contribution < 1.29 is 4.42 Å². The zero-order valence-corrected chi connectivity index (χ0v) is 9.64. The largest absolute Gasteiger partial charge is 0.443 e. The van der Waals surface area contributed by atoms with Gasteiger partial charge in [0.05, 0.1) is 5.88 Å². The topological polar surface area (TPSA) is 26.0 Å². The number of aromatic nitrogens is 1. The molecule has 0 unspecified atom stereocenters. The molecule has 0 N–H and O–H groups in total. The highest BCUT2D eigenvalue weighted by Gasteiger charge is 2.10. The molecule has 0 fully saturated rings. The van der Waals surface area contributed by atoms with Crippen LogP contribution in [0.1, 0.15) is 11.3 Å². The molecule has 2 rings (SSSR count). The fourth-order valence-electron chi connectivity index (χ4n) is 1.33. The molecule has 0 atom stereocenters. The second-order valence-electron chi connectivity index (χ2n) is 3.23. The molecule has 1 aromatic heterocycles. The molecule has 0 saturated carbocycles. The number of oxazole rings is 1. The summed E-state index contributed by atoms with van der Waals surface area (Å²) < 4.78 is 5.28. The predicted octanol–water partition coefficient (Wildman–Crippen LogP) is 4.04. The summed E-state index contributed by atoms with van der Waals surface area (Å²) in [4.78, 5) is 4.02. The zero-order valence-electron chi connectivity index (χ0n) is 8.13. The second-order valence-corrected chi connectivity index (χ2v) is 3.90. The van der Waals surface area contributed by atoms with Crippen LogP contribution in [-0.2, 0) is 5.88 Å². The van der Waals surface area contributed by atoms with Crippen molar-refractivity contribution in [2.45, 2.75) is 12.8 Å². The number of benzene rings is 1. The Bertz CT molecular complexity index is 479. The summed E-state index contributed by atoms with van der Waals surface area (Å²) in [5.41, 5.74) is 2.67. The summed E-state index contributed by atoms with van der Waals surface area (Å²) in [5.74, 6) is 1.02. The van der Waals surface area contributed by atoms with Gasteiger partial charge in [-0.15, -0.1) is 11.6 Å². The molecule has 1 heterocycles. The summed E-state index contributed by atoms with van der Waals surface area (Å²) in [6, 6.07) is 5.74. The van der Waals surface area contributed by atoms with Crippen LogP contribution in [0.15, 0.2) is 29.0 Å². The zero-order chi connectivity index (χ0) is 10.8. The van der Waals surface area contributed by atoms with Crippen LogP contribution < -0.4 is 0 Å². The first kappa shape index (κ1) is 10.5. The lowest BCUT2D eigenvalue weighted by atomic mass is 10.1. The summed E-state index contributed by atoms with van der Waals surface area (Å²) in [6.45, 7) is 1.95. The van der Waals surface area contributed by atoms with E-state index in [0.717, 1.165) is 16.8 Å². The van der Waals surface area contributed by atoms with Crippen molar-refractivity contribution >= 4 is 23.2 Å². The molecule has 0 spiro atoms. The van der Waals surface area contributed by atoms with E-state index in [1.54, 1.807) is 0 Å². The number of nitrogens with zero attached hydrogens (tertiary/aromatic N) is 1. The Morgan fingerprint density at radius 1 is 1.40 bits per heavy atom. The monoisotopic (exact) mass is 241 g/mol. The fourth-order valence-corrected chi connectivity index (χ4v) is 1.70. The first-order valence-electron chi connectivity index (χ1n) is 4.47. The quantitative estimate of drug-likeness (QED) is 0.742. The minimum Gasteiger partial charge on any atom is -0.443 e. The van der Waals surface area contributed by atoms with Gasteiger partial charge in [0.2, 0.25) is 0 Å². The molecule has 0 bridgehead atoms. The van der Waals surface area contributed by atoms with Crippen molar-refractivity contribution in [1.29, 1.82) is 0 Å². The standard InChI is InChI=1S/C11H9Cl2NO/c1-7-2-3-8(4-9(7)13)11-10(5-12)14-6-15-11/h2-4,6H,5H2,1H3. The van der Waals surface area contributed by atoms with E-state index in [0.29, 0.717) is 16.7 Å². The summed E-state index contributed by atoms with van der Waals surface area (Å²) in [7, 11) is 0. The van der Waals surface area contributed by atoms with E-state index < -0.39 is 0 Å². The van der Waals surface area contributed by atoms with Gasteiger partial charge in [0.25, 0.3) is 0 Å². The van der Waals surface area contributed by atoms with Crippen LogP contribution in [-0.4, -0.2) is 4.98 Å². The molecule has 78 valence electrons. The Balaban J connectivity index is 2.50. The van der Waals surface area contributed by atoms with Crippen LogP contribution in [0, 0.1) is 6.92 Å². The lowest BCUT2D eigenvalue weighted by molar-refractivity contribution is 0.571. The van der Waals surface area contributed by atoms with Gasteiger partial charge in [0.15, 0.2) is 12.2 Å². The molecular formula is C11H9Cl2NO. The Kier molecular flexibility index (Phi) is 2.98. The number of hydrogen-bond donors (Lipinski definition) is 0. The lowest BCUT2D eigenvalue weighted by Gasteiger charge is -2.01. The molecule has 0 aliphatic carbocycles. The average Bonchev–Trinajstić information content (AvgIpc) is 2.70. The van der Waals surface area contributed by atoms with Crippen molar-refractivity contribution in [3.63, 3.8) is 0 Å². The normalized spacial score (nSPS) is 10.6. The van der Waals surface area contributed by atoms with Crippen LogP contribution in [0.3, 0.4) is 0 Å². The summed E-state index contributed by atoms with van der Waals surface area (Å²) >= 11 is 11.8. The van der Waals surface area contributed by atoms with Gasteiger partial charge in [-0.3, -0.25) is 0 Å². The van der Waals surface area contributed by atoms with Gasteiger partial charge in [-0.25, -0.2) is 4.98 Å². The van der Waals surface area contributed by atoms with Crippen LogP contribution >= 0.6 is 23.2 Å². The van der Waals surface area contributed by atoms with Crippen molar-refractivity contribution in [2.24, 2.45) is 0 Å². The Morgan fingerprint density at radius 3 is 2.87 bits per heavy atom. The molecule has 2 aromatic rings. The molecule has 15 heavy (non-hydrogen) atoms. The van der Waals surface area contributed by atoms with E-state index >= 15 is 0 Å². The maximum absolute atomic E-state index is 6.03. The minimum atomic E-state index is 0.331. The first-order valence-corrected chi connectivity index (χ1v) is 5.38. The van der Waals surface area contributed by atoms with E-state index in [4.69, 9.17) is 27.6 Å². The Morgan fingerprint density at radius 2 is 2.20 bits per heavy atom. The Labute approximate surface area is 97.8 Å². The number of halogens is 2. The SMILES string of the molecule is Cc1ccc(-c2ocnc2CCl)cc1Cl. The van der Waals surface area contributed by atoms with Crippen LogP contribution in [0.25, 0.3) is 11.3 Å². The number of rotatable bonds is 2. The van der Waals surface area contributed by atoms with Gasteiger partial charge in [-0.05, 0) is 18.6 Å². The van der Waals surface area contributed by atoms with Gasteiger partial charge in [-0.1, -0.05) is 23.7 Å². The third-order valence-corrected chi connectivity index (χ3v) is 2.86. The number of hydrogen-bond acceptors (Lipinski definition) is 2. The van der Waals surface area contributed by atoms with E-state index in [2.05, 4.69) is 4.98 Å².